The van der Waals surface area contributed by atoms with E-state index in [1.807, 2.05) is 18.2 Å². The third-order valence-corrected chi connectivity index (χ3v) is 5.69. The Balaban J connectivity index is 1.79. The molecule has 2 heterocycles. The maximum Gasteiger partial charge on any atom is 0.253 e. The Bertz CT molecular complexity index is 610. The van der Waals surface area contributed by atoms with Crippen LogP contribution in [0.15, 0.2) is 30.9 Å². The van der Waals surface area contributed by atoms with E-state index in [4.69, 9.17) is 0 Å². The molecular weight excluding hydrogens is 284 g/mol. The highest BCUT2D eigenvalue weighted by molar-refractivity contribution is 5.94. The highest BCUT2D eigenvalue weighted by atomic mass is 16.2. The van der Waals surface area contributed by atoms with Crippen LogP contribution in [-0.4, -0.2) is 47.4 Å². The lowest BCUT2D eigenvalue weighted by Gasteiger charge is -2.46. The van der Waals surface area contributed by atoms with Gasteiger partial charge in [0.15, 0.2) is 0 Å². The van der Waals surface area contributed by atoms with Crippen molar-refractivity contribution in [1.29, 1.82) is 0 Å². The third-order valence-electron chi connectivity index (χ3n) is 5.69. The molecule has 0 radical (unpaired) electrons. The van der Waals surface area contributed by atoms with Gasteiger partial charge in [-0.05, 0) is 69.3 Å². The quantitative estimate of drug-likeness (QED) is 0.797. The van der Waals surface area contributed by atoms with Crippen LogP contribution < -0.4 is 0 Å². The second-order valence-corrected chi connectivity index (χ2v) is 7.19. The minimum Gasteiger partial charge on any atom is -0.337 e. The minimum atomic E-state index is 0.182. The van der Waals surface area contributed by atoms with Crippen molar-refractivity contribution in [1.82, 2.24) is 9.80 Å². The molecule has 2 saturated heterocycles. The van der Waals surface area contributed by atoms with Gasteiger partial charge in [0, 0.05) is 30.7 Å². The van der Waals surface area contributed by atoms with Crippen LogP contribution in [0.2, 0.25) is 0 Å². The molecular formula is C20H28N2O. The smallest absolute Gasteiger partial charge is 0.253 e. The van der Waals surface area contributed by atoms with Gasteiger partial charge in [-0.15, -0.1) is 6.58 Å². The first-order valence-corrected chi connectivity index (χ1v) is 8.78. The normalized spacial score (nSPS) is 25.0. The summed E-state index contributed by atoms with van der Waals surface area (Å²) >= 11 is 0. The van der Waals surface area contributed by atoms with Gasteiger partial charge in [-0.25, -0.2) is 0 Å². The fourth-order valence-corrected chi connectivity index (χ4v) is 4.24. The molecule has 0 aliphatic carbocycles. The molecule has 1 aromatic carbocycles. The molecule has 3 rings (SSSR count). The zero-order valence-corrected chi connectivity index (χ0v) is 14.5. The van der Waals surface area contributed by atoms with Crippen molar-refractivity contribution in [2.45, 2.75) is 45.1 Å². The summed E-state index contributed by atoms with van der Waals surface area (Å²) in [5.41, 5.74) is 3.45. The number of hydrogen-bond donors (Lipinski definition) is 0. The molecule has 2 aliphatic rings. The molecule has 23 heavy (non-hydrogen) atoms. The van der Waals surface area contributed by atoms with Crippen LogP contribution in [0.1, 0.15) is 47.2 Å². The van der Waals surface area contributed by atoms with Crippen molar-refractivity contribution in [3.05, 3.63) is 47.5 Å². The molecule has 0 unspecified atom stereocenters. The van der Waals surface area contributed by atoms with Crippen LogP contribution in [0, 0.1) is 13.8 Å². The van der Waals surface area contributed by atoms with Gasteiger partial charge < -0.3 is 4.90 Å². The van der Waals surface area contributed by atoms with E-state index in [1.54, 1.807) is 0 Å². The Morgan fingerprint density at radius 1 is 1.22 bits per heavy atom. The largest absolute Gasteiger partial charge is 0.337 e. The van der Waals surface area contributed by atoms with Crippen LogP contribution in [0.3, 0.4) is 0 Å². The molecule has 0 aromatic heterocycles. The minimum absolute atomic E-state index is 0.182. The average Bonchev–Trinajstić information content (AvgIpc) is 2.92. The Labute approximate surface area is 140 Å². The van der Waals surface area contributed by atoms with Gasteiger partial charge in [-0.3, -0.25) is 9.69 Å². The number of hydrogen-bond acceptors (Lipinski definition) is 2. The number of likely N-dealkylation sites (tertiary alicyclic amines) is 2. The standard InChI is InChI=1S/C20H28N2O/c1-4-11-22-13-6-10-20(22)9-5-12-21(15-20)19(23)18-8-7-16(2)17(3)14-18/h4,7-8,14H,1,5-6,9-13,15H2,2-3H3/t20-/m0/s1. The predicted octanol–water partition coefficient (Wildman–Crippen LogP) is 3.56. The Morgan fingerprint density at radius 2 is 1.96 bits per heavy atom. The summed E-state index contributed by atoms with van der Waals surface area (Å²) in [7, 11) is 0. The predicted molar refractivity (Wildman–Crippen MR) is 94.8 cm³/mol. The number of aryl methyl sites for hydroxylation is 2. The van der Waals surface area contributed by atoms with Crippen molar-refractivity contribution in [3.8, 4) is 0 Å². The molecule has 0 saturated carbocycles. The summed E-state index contributed by atoms with van der Waals surface area (Å²) in [5.74, 6) is 0.192. The summed E-state index contributed by atoms with van der Waals surface area (Å²) in [6.45, 7) is 11.9. The number of amides is 1. The number of carbonyl (C=O) groups is 1. The number of nitrogens with zero attached hydrogens (tertiary/aromatic N) is 2. The first kappa shape index (κ1) is 16.3. The van der Waals surface area contributed by atoms with Crippen LogP contribution in [0.5, 0.6) is 0 Å². The summed E-state index contributed by atoms with van der Waals surface area (Å²) < 4.78 is 0. The zero-order valence-electron chi connectivity index (χ0n) is 14.5. The maximum absolute atomic E-state index is 13.0. The molecule has 124 valence electrons. The number of piperidine rings is 1. The molecule has 1 aromatic rings. The van der Waals surface area contributed by atoms with Gasteiger partial charge in [-0.2, -0.15) is 0 Å². The lowest BCUT2D eigenvalue weighted by molar-refractivity contribution is 0.0367. The van der Waals surface area contributed by atoms with Gasteiger partial charge >= 0.3 is 0 Å². The molecule has 1 amide bonds. The van der Waals surface area contributed by atoms with E-state index in [2.05, 4.69) is 36.3 Å². The summed E-state index contributed by atoms with van der Waals surface area (Å²) in [6, 6.07) is 6.07. The number of rotatable bonds is 3. The van der Waals surface area contributed by atoms with Crippen LogP contribution in [0.25, 0.3) is 0 Å². The monoisotopic (exact) mass is 312 g/mol. The van der Waals surface area contributed by atoms with Crippen molar-refractivity contribution >= 4 is 5.91 Å². The van der Waals surface area contributed by atoms with E-state index in [-0.39, 0.29) is 11.4 Å². The van der Waals surface area contributed by atoms with Gasteiger partial charge in [0.05, 0.1) is 0 Å². The van der Waals surface area contributed by atoms with Crippen molar-refractivity contribution in [2.24, 2.45) is 0 Å². The molecule has 0 bridgehead atoms. The highest BCUT2D eigenvalue weighted by Gasteiger charge is 2.44. The fraction of sp³-hybridized carbons (Fsp3) is 0.550. The summed E-state index contributed by atoms with van der Waals surface area (Å²) in [5, 5.41) is 0. The van der Waals surface area contributed by atoms with E-state index < -0.39 is 0 Å². The van der Waals surface area contributed by atoms with E-state index in [0.29, 0.717) is 0 Å². The second-order valence-electron chi connectivity index (χ2n) is 7.19. The maximum atomic E-state index is 13.0. The topological polar surface area (TPSA) is 23.6 Å². The van der Waals surface area contributed by atoms with Crippen LogP contribution >= 0.6 is 0 Å². The lowest BCUT2D eigenvalue weighted by atomic mass is 9.86. The van der Waals surface area contributed by atoms with Gasteiger partial charge in [0.2, 0.25) is 0 Å². The van der Waals surface area contributed by atoms with E-state index in [9.17, 15) is 4.79 Å². The van der Waals surface area contributed by atoms with Crippen LogP contribution in [0.4, 0.5) is 0 Å². The Hall–Kier alpha value is -1.61. The van der Waals surface area contributed by atoms with Crippen molar-refractivity contribution in [3.63, 3.8) is 0 Å². The average molecular weight is 312 g/mol. The highest BCUT2D eigenvalue weighted by Crippen LogP contribution is 2.37. The zero-order chi connectivity index (χ0) is 16.4. The third kappa shape index (κ3) is 3.07. The van der Waals surface area contributed by atoms with Crippen molar-refractivity contribution in [2.75, 3.05) is 26.2 Å². The van der Waals surface area contributed by atoms with Crippen LogP contribution in [-0.2, 0) is 0 Å². The summed E-state index contributed by atoms with van der Waals surface area (Å²) in [6.07, 6.45) is 6.75. The number of benzene rings is 1. The molecule has 0 N–H and O–H groups in total. The molecule has 3 heteroatoms. The van der Waals surface area contributed by atoms with Crippen molar-refractivity contribution < 1.29 is 4.79 Å². The second kappa shape index (κ2) is 6.48. The van der Waals surface area contributed by atoms with E-state index in [0.717, 1.165) is 38.2 Å². The molecule has 3 nitrogen and oxygen atoms in total. The molecule has 1 spiro atoms. The van der Waals surface area contributed by atoms with Gasteiger partial charge in [0.25, 0.3) is 5.91 Å². The Kier molecular flexibility index (Phi) is 4.58. The molecule has 2 aliphatic heterocycles. The molecule has 2 fully saturated rings. The number of carbonyl (C=O) groups excluding carboxylic acids is 1. The SMILES string of the molecule is C=CCN1CCC[C@]12CCCN(C(=O)c1ccc(C)c(C)c1)C2. The van der Waals surface area contributed by atoms with Gasteiger partial charge in [-0.1, -0.05) is 12.1 Å². The van der Waals surface area contributed by atoms with E-state index >= 15 is 0 Å². The molecule has 1 atom stereocenters. The summed E-state index contributed by atoms with van der Waals surface area (Å²) in [4.78, 5) is 17.6. The fourth-order valence-electron chi connectivity index (χ4n) is 4.24. The van der Waals surface area contributed by atoms with Gasteiger partial charge in [0.1, 0.15) is 0 Å². The Morgan fingerprint density at radius 3 is 2.65 bits per heavy atom. The first-order chi connectivity index (χ1) is 11.1. The first-order valence-electron chi connectivity index (χ1n) is 8.78. The lowest BCUT2D eigenvalue weighted by Crippen LogP contribution is -2.56. The van der Waals surface area contributed by atoms with E-state index in [1.165, 1.54) is 30.4 Å².